The minimum atomic E-state index is -0.792. The van der Waals surface area contributed by atoms with Crippen LogP contribution in [0, 0.1) is 9.39 Å². The summed E-state index contributed by atoms with van der Waals surface area (Å²) < 4.78 is 20.3. The third-order valence-electron chi connectivity index (χ3n) is 4.36. The van der Waals surface area contributed by atoms with E-state index in [2.05, 4.69) is 37.9 Å². The van der Waals surface area contributed by atoms with Gasteiger partial charge in [-0.3, -0.25) is 19.3 Å². The van der Waals surface area contributed by atoms with Crippen molar-refractivity contribution in [1.29, 1.82) is 0 Å². The number of carbonyl (C=O) groups is 3. The molecule has 0 unspecified atom stereocenters. The van der Waals surface area contributed by atoms with Crippen molar-refractivity contribution >= 4 is 74.8 Å². The zero-order valence-corrected chi connectivity index (χ0v) is 20.7. The van der Waals surface area contributed by atoms with Crippen LogP contribution in [-0.4, -0.2) is 38.5 Å². The molecular formula is C22H13ClFIN4O4S. The minimum Gasteiger partial charge on any atom is -0.436 e. The van der Waals surface area contributed by atoms with Gasteiger partial charge in [0.1, 0.15) is 12.3 Å². The van der Waals surface area contributed by atoms with Gasteiger partial charge in [-0.05, 0) is 94.0 Å². The number of ether oxygens (including phenoxy) is 1. The van der Waals surface area contributed by atoms with E-state index in [-0.39, 0.29) is 21.8 Å². The maximum atomic E-state index is 13.8. The van der Waals surface area contributed by atoms with E-state index in [1.54, 1.807) is 30.3 Å². The van der Waals surface area contributed by atoms with Crippen molar-refractivity contribution < 1.29 is 23.5 Å². The molecule has 0 bridgehead atoms. The standard InChI is InChI=1S/C22H13ClFIN4O4S/c23-21-26-10-16(24)19(28-21)33-15-3-1-2-12(8-15)9-17-20(31)29(22(32)34-17)11-18(30)27-14-6-4-13(25)5-7-14/h1-10H,11H2,(H,27,30)/b17-9+. The first-order valence-electron chi connectivity index (χ1n) is 9.55. The fourth-order valence-corrected chi connectivity index (χ4v) is 4.17. The molecule has 1 N–H and O–H groups in total. The Labute approximate surface area is 215 Å². The number of thioether (sulfide) groups is 1. The number of amides is 3. The summed E-state index contributed by atoms with van der Waals surface area (Å²) in [6, 6.07) is 13.5. The highest BCUT2D eigenvalue weighted by Gasteiger charge is 2.36. The summed E-state index contributed by atoms with van der Waals surface area (Å²) in [6.07, 6.45) is 2.37. The summed E-state index contributed by atoms with van der Waals surface area (Å²) in [6.45, 7) is -0.412. The van der Waals surface area contributed by atoms with Crippen LogP contribution in [-0.2, 0) is 9.59 Å². The number of rotatable bonds is 6. The molecule has 1 fully saturated rings. The van der Waals surface area contributed by atoms with E-state index in [1.165, 1.54) is 12.1 Å². The highest BCUT2D eigenvalue weighted by Crippen LogP contribution is 2.33. The summed E-state index contributed by atoms with van der Waals surface area (Å²) >= 11 is 8.54. The monoisotopic (exact) mass is 610 g/mol. The molecule has 8 nitrogen and oxygen atoms in total. The zero-order valence-electron chi connectivity index (χ0n) is 17.0. The fourth-order valence-electron chi connectivity index (χ4n) is 2.85. The first-order chi connectivity index (χ1) is 16.3. The van der Waals surface area contributed by atoms with Gasteiger partial charge in [0.05, 0.1) is 11.1 Å². The number of imide groups is 1. The Morgan fingerprint density at radius 3 is 2.76 bits per heavy atom. The van der Waals surface area contributed by atoms with Gasteiger partial charge in [0.15, 0.2) is 0 Å². The van der Waals surface area contributed by atoms with Gasteiger partial charge in [-0.25, -0.2) is 4.98 Å². The Kier molecular flexibility index (Phi) is 7.44. The lowest BCUT2D eigenvalue weighted by molar-refractivity contribution is -0.127. The van der Waals surface area contributed by atoms with Gasteiger partial charge in [-0.1, -0.05) is 12.1 Å². The molecule has 0 saturated carbocycles. The van der Waals surface area contributed by atoms with Crippen molar-refractivity contribution in [2.24, 2.45) is 0 Å². The third kappa shape index (κ3) is 5.90. The molecule has 0 aliphatic carbocycles. The molecule has 4 rings (SSSR count). The molecule has 12 heteroatoms. The third-order valence-corrected chi connectivity index (χ3v) is 6.16. The molecule has 3 aromatic rings. The molecule has 34 heavy (non-hydrogen) atoms. The number of nitrogens with one attached hydrogen (secondary N) is 1. The van der Waals surface area contributed by atoms with Crippen LogP contribution in [0.3, 0.4) is 0 Å². The van der Waals surface area contributed by atoms with E-state index >= 15 is 0 Å². The molecule has 0 radical (unpaired) electrons. The van der Waals surface area contributed by atoms with Crippen molar-refractivity contribution in [3.05, 3.63) is 79.9 Å². The van der Waals surface area contributed by atoms with Crippen LogP contribution in [0.25, 0.3) is 6.08 Å². The summed E-state index contributed by atoms with van der Waals surface area (Å²) in [5.74, 6) is -1.99. The first-order valence-corrected chi connectivity index (χ1v) is 11.8. The zero-order chi connectivity index (χ0) is 24.2. The molecule has 1 aliphatic rings. The molecular weight excluding hydrogens is 598 g/mol. The second-order valence-electron chi connectivity index (χ2n) is 6.79. The van der Waals surface area contributed by atoms with Crippen LogP contribution in [0.2, 0.25) is 5.28 Å². The number of hydrogen-bond donors (Lipinski definition) is 1. The van der Waals surface area contributed by atoms with Crippen LogP contribution >= 0.6 is 46.0 Å². The highest BCUT2D eigenvalue weighted by molar-refractivity contribution is 14.1. The maximum absolute atomic E-state index is 13.8. The smallest absolute Gasteiger partial charge is 0.294 e. The predicted molar refractivity (Wildman–Crippen MR) is 134 cm³/mol. The number of carbonyl (C=O) groups excluding carboxylic acids is 3. The van der Waals surface area contributed by atoms with Gasteiger partial charge in [0.25, 0.3) is 17.0 Å². The average molecular weight is 611 g/mol. The van der Waals surface area contributed by atoms with E-state index in [0.717, 1.165) is 26.4 Å². The highest BCUT2D eigenvalue weighted by atomic mass is 127. The summed E-state index contributed by atoms with van der Waals surface area (Å²) in [4.78, 5) is 45.6. The van der Waals surface area contributed by atoms with E-state index in [4.69, 9.17) is 16.3 Å². The van der Waals surface area contributed by atoms with Crippen LogP contribution in [0.15, 0.2) is 59.6 Å². The molecule has 1 saturated heterocycles. The van der Waals surface area contributed by atoms with E-state index in [0.29, 0.717) is 11.3 Å². The van der Waals surface area contributed by atoms with Crippen molar-refractivity contribution in [2.45, 2.75) is 0 Å². The topological polar surface area (TPSA) is 101 Å². The van der Waals surface area contributed by atoms with Crippen molar-refractivity contribution in [2.75, 3.05) is 11.9 Å². The molecule has 2 heterocycles. The summed E-state index contributed by atoms with van der Waals surface area (Å²) in [7, 11) is 0. The number of aromatic nitrogens is 2. The largest absolute Gasteiger partial charge is 0.436 e. The molecule has 1 aromatic heterocycles. The Bertz CT molecular complexity index is 1320. The molecule has 1 aliphatic heterocycles. The van der Waals surface area contributed by atoms with Crippen LogP contribution in [0.4, 0.5) is 14.9 Å². The molecule has 3 amide bonds. The predicted octanol–water partition coefficient (Wildman–Crippen LogP) is 5.34. The van der Waals surface area contributed by atoms with Crippen LogP contribution in [0.1, 0.15) is 5.56 Å². The lowest BCUT2D eigenvalue weighted by Crippen LogP contribution is -2.36. The number of anilines is 1. The van der Waals surface area contributed by atoms with E-state index in [9.17, 15) is 18.8 Å². The van der Waals surface area contributed by atoms with Gasteiger partial charge >= 0.3 is 0 Å². The van der Waals surface area contributed by atoms with Gasteiger partial charge in [0, 0.05) is 9.26 Å². The number of hydrogen-bond acceptors (Lipinski definition) is 7. The van der Waals surface area contributed by atoms with Gasteiger partial charge in [-0.15, -0.1) is 0 Å². The lowest BCUT2D eigenvalue weighted by Gasteiger charge is -2.12. The number of benzene rings is 2. The van der Waals surface area contributed by atoms with Crippen molar-refractivity contribution in [1.82, 2.24) is 14.9 Å². The summed E-state index contributed by atoms with van der Waals surface area (Å²) in [5, 5.41) is 1.93. The Morgan fingerprint density at radius 1 is 1.24 bits per heavy atom. The second-order valence-corrected chi connectivity index (χ2v) is 9.37. The second kappa shape index (κ2) is 10.5. The Morgan fingerprint density at radius 2 is 2.00 bits per heavy atom. The fraction of sp³-hybridized carbons (Fsp3) is 0.0455. The minimum absolute atomic E-state index is 0.139. The van der Waals surface area contributed by atoms with E-state index < -0.39 is 29.4 Å². The van der Waals surface area contributed by atoms with Gasteiger partial charge in [0.2, 0.25) is 17.0 Å². The summed E-state index contributed by atoms with van der Waals surface area (Å²) in [5.41, 5.74) is 1.08. The molecule has 172 valence electrons. The molecule has 0 spiro atoms. The Balaban J connectivity index is 1.45. The normalized spacial score (nSPS) is 14.6. The van der Waals surface area contributed by atoms with E-state index in [1.807, 2.05) is 12.1 Å². The number of halogens is 3. The average Bonchev–Trinajstić information content (AvgIpc) is 3.05. The maximum Gasteiger partial charge on any atom is 0.294 e. The van der Waals surface area contributed by atoms with Gasteiger partial charge < -0.3 is 10.1 Å². The lowest BCUT2D eigenvalue weighted by atomic mass is 10.2. The molecule has 2 aromatic carbocycles. The van der Waals surface area contributed by atoms with Crippen LogP contribution < -0.4 is 10.1 Å². The van der Waals surface area contributed by atoms with Crippen molar-refractivity contribution in [3.63, 3.8) is 0 Å². The SMILES string of the molecule is O=C(CN1C(=O)S/C(=C/c2cccc(Oc3nc(Cl)ncc3F)c2)C1=O)Nc1ccc(I)cc1. The molecule has 0 atom stereocenters. The quantitative estimate of drug-likeness (QED) is 0.228. The number of nitrogens with zero attached hydrogens (tertiary/aromatic N) is 3. The first kappa shape index (κ1) is 24.1. The van der Waals surface area contributed by atoms with Gasteiger partial charge in [-0.2, -0.15) is 9.37 Å². The Hall–Kier alpha value is -3.03. The van der Waals surface area contributed by atoms with Crippen molar-refractivity contribution in [3.8, 4) is 11.6 Å². The van der Waals surface area contributed by atoms with Crippen LogP contribution in [0.5, 0.6) is 11.6 Å².